The van der Waals surface area contributed by atoms with Gasteiger partial charge in [-0.15, -0.1) is 0 Å². The Hall–Kier alpha value is -3.73. The molecule has 3 aromatic carbocycles. The topological polar surface area (TPSA) is 102 Å². The number of primary sulfonamides is 1. The fraction of sp³-hybridized carbons (Fsp3) is 0.0833. The number of aryl methyl sites for hydroxylation is 1. The number of nitrogens with zero attached hydrogens (tertiary/aromatic N) is 3. The third kappa shape index (κ3) is 4.12. The Morgan fingerprint density at radius 2 is 1.61 bits per heavy atom. The van der Waals surface area contributed by atoms with Gasteiger partial charge in [0, 0.05) is 11.1 Å². The maximum Gasteiger partial charge on any atom is 0.238 e. The minimum Gasteiger partial charge on any atom is -0.249 e. The Labute approximate surface area is 181 Å². The quantitative estimate of drug-likeness (QED) is 0.517. The minimum absolute atomic E-state index is 0.0304. The lowest BCUT2D eigenvalue weighted by molar-refractivity contribution is 0.598. The van der Waals surface area contributed by atoms with Crippen LogP contribution in [-0.4, -0.2) is 18.2 Å². The Bertz CT molecular complexity index is 1380. The SMILES string of the molecule is Cc1ccc(-c2c(-c3ccccc3S(N)(=O)=O)nn(Cc3ccccc3)c2C#N)cc1. The lowest BCUT2D eigenvalue weighted by Gasteiger charge is -2.08. The van der Waals surface area contributed by atoms with Gasteiger partial charge in [-0.1, -0.05) is 78.4 Å². The highest BCUT2D eigenvalue weighted by atomic mass is 32.2. The monoisotopic (exact) mass is 428 g/mol. The van der Waals surface area contributed by atoms with E-state index in [1.807, 2.05) is 61.5 Å². The molecule has 0 aliphatic carbocycles. The molecule has 1 heterocycles. The van der Waals surface area contributed by atoms with Crippen molar-refractivity contribution in [3.8, 4) is 28.5 Å². The van der Waals surface area contributed by atoms with Crippen molar-refractivity contribution in [1.29, 1.82) is 5.26 Å². The van der Waals surface area contributed by atoms with Gasteiger partial charge in [0.05, 0.1) is 11.4 Å². The number of rotatable bonds is 5. The number of hydrogen-bond donors (Lipinski definition) is 1. The summed E-state index contributed by atoms with van der Waals surface area (Å²) in [5.74, 6) is 0. The molecular weight excluding hydrogens is 408 g/mol. The van der Waals surface area contributed by atoms with Crippen molar-refractivity contribution in [2.45, 2.75) is 18.4 Å². The lowest BCUT2D eigenvalue weighted by Crippen LogP contribution is -2.13. The van der Waals surface area contributed by atoms with E-state index in [2.05, 4.69) is 6.07 Å². The molecule has 0 saturated carbocycles. The summed E-state index contributed by atoms with van der Waals surface area (Å²) in [7, 11) is -3.99. The van der Waals surface area contributed by atoms with E-state index in [9.17, 15) is 13.7 Å². The van der Waals surface area contributed by atoms with Gasteiger partial charge in [0.1, 0.15) is 17.5 Å². The summed E-state index contributed by atoms with van der Waals surface area (Å²) in [5.41, 5.74) is 4.53. The molecule has 0 bridgehead atoms. The summed E-state index contributed by atoms with van der Waals surface area (Å²) < 4.78 is 26.1. The third-order valence-electron chi connectivity index (χ3n) is 5.02. The normalized spacial score (nSPS) is 11.3. The molecule has 0 radical (unpaired) electrons. The van der Waals surface area contributed by atoms with Crippen molar-refractivity contribution in [1.82, 2.24) is 9.78 Å². The highest BCUT2D eigenvalue weighted by molar-refractivity contribution is 7.89. The molecule has 6 nitrogen and oxygen atoms in total. The molecule has 0 atom stereocenters. The van der Waals surface area contributed by atoms with Crippen LogP contribution in [0.2, 0.25) is 0 Å². The summed E-state index contributed by atoms with van der Waals surface area (Å²) in [6.45, 7) is 2.35. The van der Waals surface area contributed by atoms with Gasteiger partial charge in [-0.2, -0.15) is 10.4 Å². The minimum atomic E-state index is -3.99. The molecule has 154 valence electrons. The van der Waals surface area contributed by atoms with E-state index >= 15 is 0 Å². The summed E-state index contributed by atoms with van der Waals surface area (Å²) in [6, 6.07) is 26.1. The van der Waals surface area contributed by atoms with Crippen LogP contribution >= 0.6 is 0 Å². The van der Waals surface area contributed by atoms with Crippen LogP contribution < -0.4 is 5.14 Å². The average molecular weight is 429 g/mol. The Balaban J connectivity index is 2.01. The molecule has 4 rings (SSSR count). The lowest BCUT2D eigenvalue weighted by atomic mass is 9.98. The second-order valence-electron chi connectivity index (χ2n) is 7.23. The summed E-state index contributed by atoms with van der Waals surface area (Å²) in [4.78, 5) is -0.0304. The first-order valence-electron chi connectivity index (χ1n) is 9.62. The van der Waals surface area contributed by atoms with Crippen LogP contribution in [0.3, 0.4) is 0 Å². The fourth-order valence-electron chi connectivity index (χ4n) is 3.54. The van der Waals surface area contributed by atoms with E-state index < -0.39 is 10.0 Å². The van der Waals surface area contributed by atoms with Gasteiger partial charge in [0.2, 0.25) is 10.0 Å². The van der Waals surface area contributed by atoms with E-state index in [0.29, 0.717) is 29.1 Å². The van der Waals surface area contributed by atoms with Crippen LogP contribution in [0.4, 0.5) is 0 Å². The highest BCUT2D eigenvalue weighted by Gasteiger charge is 2.25. The summed E-state index contributed by atoms with van der Waals surface area (Å²) in [5, 5.41) is 20.2. The van der Waals surface area contributed by atoms with Crippen LogP contribution in [-0.2, 0) is 16.6 Å². The van der Waals surface area contributed by atoms with Crippen LogP contribution in [0.5, 0.6) is 0 Å². The van der Waals surface area contributed by atoms with E-state index in [1.54, 1.807) is 22.9 Å². The molecule has 1 aromatic heterocycles. The molecule has 31 heavy (non-hydrogen) atoms. The molecule has 0 amide bonds. The van der Waals surface area contributed by atoms with Gasteiger partial charge in [-0.25, -0.2) is 18.2 Å². The Morgan fingerprint density at radius 3 is 2.26 bits per heavy atom. The van der Waals surface area contributed by atoms with Crippen molar-refractivity contribution in [2.75, 3.05) is 0 Å². The predicted octanol–water partition coefficient (Wildman–Crippen LogP) is 4.09. The molecule has 4 aromatic rings. The Morgan fingerprint density at radius 1 is 0.968 bits per heavy atom. The van der Waals surface area contributed by atoms with Crippen LogP contribution in [0.15, 0.2) is 83.8 Å². The van der Waals surface area contributed by atoms with Crippen molar-refractivity contribution < 1.29 is 8.42 Å². The first-order chi connectivity index (χ1) is 14.9. The largest absolute Gasteiger partial charge is 0.249 e. The molecule has 0 unspecified atom stereocenters. The van der Waals surface area contributed by atoms with Gasteiger partial charge in [-0.05, 0) is 24.1 Å². The van der Waals surface area contributed by atoms with Gasteiger partial charge in [-0.3, -0.25) is 0 Å². The van der Waals surface area contributed by atoms with Gasteiger partial charge in [0.25, 0.3) is 0 Å². The smallest absolute Gasteiger partial charge is 0.238 e. The molecule has 7 heteroatoms. The molecule has 0 spiro atoms. The molecular formula is C24H20N4O2S. The second kappa shape index (κ2) is 8.19. The number of aromatic nitrogens is 2. The first-order valence-corrected chi connectivity index (χ1v) is 11.2. The molecule has 0 fully saturated rings. The fourth-order valence-corrected chi connectivity index (χ4v) is 4.28. The number of hydrogen-bond acceptors (Lipinski definition) is 4. The van der Waals surface area contributed by atoms with Crippen molar-refractivity contribution in [3.05, 3.63) is 95.7 Å². The maximum atomic E-state index is 12.2. The number of nitrogens with two attached hydrogens (primary N) is 1. The second-order valence-corrected chi connectivity index (χ2v) is 8.76. The van der Waals surface area contributed by atoms with Gasteiger partial charge >= 0.3 is 0 Å². The average Bonchev–Trinajstić information content (AvgIpc) is 3.12. The number of nitriles is 1. The van der Waals surface area contributed by atoms with Crippen LogP contribution in [0.1, 0.15) is 16.8 Å². The van der Waals surface area contributed by atoms with E-state index in [1.165, 1.54) is 6.07 Å². The van der Waals surface area contributed by atoms with Gasteiger partial charge in [0.15, 0.2) is 0 Å². The molecule has 0 saturated heterocycles. The molecule has 0 aliphatic heterocycles. The van der Waals surface area contributed by atoms with Crippen LogP contribution in [0, 0.1) is 18.3 Å². The zero-order valence-corrected chi connectivity index (χ0v) is 17.7. The summed E-state index contributed by atoms with van der Waals surface area (Å²) >= 11 is 0. The first kappa shape index (κ1) is 20.5. The number of sulfonamides is 1. The number of benzene rings is 3. The van der Waals surface area contributed by atoms with Crippen LogP contribution in [0.25, 0.3) is 22.4 Å². The zero-order valence-electron chi connectivity index (χ0n) is 16.9. The third-order valence-corrected chi connectivity index (χ3v) is 5.99. The van der Waals surface area contributed by atoms with E-state index in [4.69, 9.17) is 10.2 Å². The maximum absolute atomic E-state index is 12.2. The predicted molar refractivity (Wildman–Crippen MR) is 119 cm³/mol. The standard InChI is InChI=1S/C24H20N4O2S/c1-17-11-13-19(14-12-17)23-21(15-25)28(16-18-7-3-2-4-8-18)27-24(23)20-9-5-6-10-22(20)31(26,29)30/h2-14H,16H2,1H3,(H2,26,29,30). The molecule has 2 N–H and O–H groups in total. The van der Waals surface area contributed by atoms with Gasteiger partial charge < -0.3 is 0 Å². The zero-order chi connectivity index (χ0) is 22.0. The van der Waals surface area contributed by atoms with Crippen molar-refractivity contribution >= 4 is 10.0 Å². The van der Waals surface area contributed by atoms with E-state index in [0.717, 1.165) is 16.7 Å². The van der Waals surface area contributed by atoms with E-state index in [-0.39, 0.29) is 4.90 Å². The Kier molecular flexibility index (Phi) is 5.42. The molecule has 0 aliphatic rings. The summed E-state index contributed by atoms with van der Waals surface area (Å²) in [6.07, 6.45) is 0. The van der Waals surface area contributed by atoms with Crippen molar-refractivity contribution in [2.24, 2.45) is 5.14 Å². The highest BCUT2D eigenvalue weighted by Crippen LogP contribution is 2.37. The van der Waals surface area contributed by atoms with Crippen molar-refractivity contribution in [3.63, 3.8) is 0 Å².